The lowest BCUT2D eigenvalue weighted by atomic mass is 10.00. The van der Waals surface area contributed by atoms with Crippen molar-refractivity contribution in [1.82, 2.24) is 0 Å². The van der Waals surface area contributed by atoms with Gasteiger partial charge >= 0.3 is 5.97 Å². The maximum absolute atomic E-state index is 13.4. The molecule has 1 aromatic rings. The highest BCUT2D eigenvalue weighted by molar-refractivity contribution is 5.90. The number of rotatable bonds is 4. The molecule has 0 atom stereocenters. The van der Waals surface area contributed by atoms with Gasteiger partial charge in [0.1, 0.15) is 11.6 Å². The van der Waals surface area contributed by atoms with Gasteiger partial charge in [0.05, 0.1) is 0 Å². The van der Waals surface area contributed by atoms with E-state index in [4.69, 9.17) is 5.11 Å². The molecule has 0 aliphatic carbocycles. The van der Waals surface area contributed by atoms with Crippen LogP contribution in [-0.2, 0) is 4.79 Å². The monoisotopic (exact) mass is 226 g/mol. The van der Waals surface area contributed by atoms with Gasteiger partial charge in [-0.05, 0) is 24.1 Å². The molecule has 16 heavy (non-hydrogen) atoms. The Bertz CT molecular complexity index is 405. The molecule has 1 N–H and O–H groups in total. The summed E-state index contributed by atoms with van der Waals surface area (Å²) in [5.41, 5.74) is -0.0719. The van der Waals surface area contributed by atoms with Gasteiger partial charge in [0.15, 0.2) is 0 Å². The van der Waals surface area contributed by atoms with Crippen LogP contribution in [-0.4, -0.2) is 11.1 Å². The molecule has 2 nitrogen and oxygen atoms in total. The van der Waals surface area contributed by atoms with Crippen molar-refractivity contribution >= 4 is 11.5 Å². The van der Waals surface area contributed by atoms with Crippen molar-refractivity contribution in [3.63, 3.8) is 0 Å². The molecule has 0 radical (unpaired) electrons. The molecule has 0 bridgehead atoms. The van der Waals surface area contributed by atoms with Crippen molar-refractivity contribution in [3.8, 4) is 0 Å². The minimum absolute atomic E-state index is 0.172. The molecule has 0 unspecified atom stereocenters. The molecule has 1 aromatic carbocycles. The lowest BCUT2D eigenvalue weighted by Gasteiger charge is -2.08. The average Bonchev–Trinajstić information content (AvgIpc) is 2.16. The zero-order valence-electron chi connectivity index (χ0n) is 8.84. The van der Waals surface area contributed by atoms with E-state index in [1.165, 1.54) is 6.07 Å². The van der Waals surface area contributed by atoms with Gasteiger partial charge in [-0.25, -0.2) is 13.6 Å². The summed E-state index contributed by atoms with van der Waals surface area (Å²) in [4.78, 5) is 10.6. The molecule has 86 valence electrons. The van der Waals surface area contributed by atoms with Crippen molar-refractivity contribution in [2.24, 2.45) is 0 Å². The van der Waals surface area contributed by atoms with Gasteiger partial charge in [0, 0.05) is 11.6 Å². The van der Waals surface area contributed by atoms with Crippen molar-refractivity contribution in [2.75, 3.05) is 0 Å². The molecular weight excluding hydrogens is 214 g/mol. The third kappa shape index (κ3) is 2.89. The van der Waals surface area contributed by atoms with Crippen molar-refractivity contribution in [2.45, 2.75) is 19.8 Å². The van der Waals surface area contributed by atoms with Crippen LogP contribution in [0.15, 0.2) is 24.3 Å². The molecular formula is C12H12F2O2. The largest absolute Gasteiger partial charge is 0.478 e. The van der Waals surface area contributed by atoms with Crippen molar-refractivity contribution in [1.29, 1.82) is 0 Å². The maximum Gasteiger partial charge on any atom is 0.328 e. The molecule has 0 fully saturated rings. The van der Waals surface area contributed by atoms with Gasteiger partial charge in [0.2, 0.25) is 0 Å². The number of carboxylic acid groups (broad SMARTS) is 1. The molecule has 0 amide bonds. The van der Waals surface area contributed by atoms with Crippen LogP contribution in [0.3, 0.4) is 0 Å². The molecule has 0 aromatic heterocycles. The van der Waals surface area contributed by atoms with Crippen LogP contribution < -0.4 is 0 Å². The molecule has 0 heterocycles. The Morgan fingerprint density at radius 1 is 1.38 bits per heavy atom. The zero-order chi connectivity index (χ0) is 12.1. The highest BCUT2D eigenvalue weighted by atomic mass is 19.1. The standard InChI is InChI=1S/C12H12F2O2/c1-2-4-8(7-11(15)16)12-9(13)5-3-6-10(12)14/h3,5-7H,2,4H2,1H3,(H,15,16)/b8-7+. The van der Waals surface area contributed by atoms with Crippen molar-refractivity contribution in [3.05, 3.63) is 41.5 Å². The van der Waals surface area contributed by atoms with Crippen LogP contribution in [0.1, 0.15) is 25.3 Å². The lowest BCUT2D eigenvalue weighted by Crippen LogP contribution is -1.98. The first-order valence-electron chi connectivity index (χ1n) is 4.94. The van der Waals surface area contributed by atoms with Crippen LogP contribution in [0.25, 0.3) is 5.57 Å². The van der Waals surface area contributed by atoms with Crippen molar-refractivity contribution < 1.29 is 18.7 Å². The second-order valence-electron chi connectivity index (χ2n) is 3.35. The Kier molecular flexibility index (Phi) is 4.17. The number of carbonyl (C=O) groups is 1. The number of aliphatic carboxylic acids is 1. The summed E-state index contributed by atoms with van der Waals surface area (Å²) in [5.74, 6) is -2.67. The fraction of sp³-hybridized carbons (Fsp3) is 0.250. The normalized spacial score (nSPS) is 11.6. The van der Waals surface area contributed by atoms with Crippen LogP contribution in [0.5, 0.6) is 0 Å². The van der Waals surface area contributed by atoms with Gasteiger partial charge in [0.25, 0.3) is 0 Å². The summed E-state index contributed by atoms with van der Waals surface area (Å²) < 4.78 is 26.8. The Labute approximate surface area is 92.2 Å². The van der Waals surface area contributed by atoms with Crippen LogP contribution in [0, 0.1) is 11.6 Å². The van der Waals surface area contributed by atoms with Gasteiger partial charge in [-0.15, -0.1) is 0 Å². The van der Waals surface area contributed by atoms with E-state index < -0.39 is 17.6 Å². The van der Waals surface area contributed by atoms with Crippen LogP contribution in [0.4, 0.5) is 8.78 Å². The van der Waals surface area contributed by atoms with E-state index in [-0.39, 0.29) is 11.1 Å². The molecule has 0 aliphatic heterocycles. The fourth-order valence-corrected chi connectivity index (χ4v) is 1.49. The van der Waals surface area contributed by atoms with E-state index >= 15 is 0 Å². The SMILES string of the molecule is CCC/C(=C\C(=O)O)c1c(F)cccc1F. The molecule has 0 saturated heterocycles. The second kappa shape index (κ2) is 5.39. The Balaban J connectivity index is 3.26. The Morgan fingerprint density at radius 3 is 2.38 bits per heavy atom. The topological polar surface area (TPSA) is 37.3 Å². The summed E-state index contributed by atoms with van der Waals surface area (Å²) in [5, 5.41) is 8.63. The third-order valence-corrected chi connectivity index (χ3v) is 2.10. The molecule has 0 spiro atoms. The third-order valence-electron chi connectivity index (χ3n) is 2.10. The number of hydrogen-bond donors (Lipinski definition) is 1. The van der Waals surface area contributed by atoms with E-state index in [1.807, 2.05) is 6.92 Å². The van der Waals surface area contributed by atoms with Gasteiger partial charge in [-0.1, -0.05) is 19.4 Å². The fourth-order valence-electron chi connectivity index (χ4n) is 1.49. The predicted octanol–water partition coefficient (Wildman–Crippen LogP) is 3.23. The first-order valence-corrected chi connectivity index (χ1v) is 4.94. The molecule has 1 rings (SSSR count). The summed E-state index contributed by atoms with van der Waals surface area (Å²) in [6, 6.07) is 3.48. The number of allylic oxidation sites excluding steroid dienone is 1. The summed E-state index contributed by atoms with van der Waals surface area (Å²) >= 11 is 0. The minimum atomic E-state index is -1.20. The van der Waals surface area contributed by atoms with Gasteiger partial charge in [-0.3, -0.25) is 0 Å². The quantitative estimate of drug-likeness (QED) is 0.800. The summed E-state index contributed by atoms with van der Waals surface area (Å²) in [6.45, 7) is 1.81. The minimum Gasteiger partial charge on any atom is -0.478 e. The lowest BCUT2D eigenvalue weighted by molar-refractivity contribution is -0.131. The maximum atomic E-state index is 13.4. The van der Waals surface area contributed by atoms with E-state index in [0.29, 0.717) is 12.8 Å². The predicted molar refractivity (Wildman–Crippen MR) is 56.9 cm³/mol. The number of halogens is 2. The highest BCUT2D eigenvalue weighted by Gasteiger charge is 2.13. The Morgan fingerprint density at radius 2 is 1.94 bits per heavy atom. The van der Waals surface area contributed by atoms with E-state index in [2.05, 4.69) is 0 Å². The second-order valence-corrected chi connectivity index (χ2v) is 3.35. The van der Waals surface area contributed by atoms with E-state index in [0.717, 1.165) is 18.2 Å². The first kappa shape index (κ1) is 12.4. The van der Waals surface area contributed by atoms with Crippen LogP contribution >= 0.6 is 0 Å². The van der Waals surface area contributed by atoms with E-state index in [1.54, 1.807) is 0 Å². The molecule has 0 saturated carbocycles. The average molecular weight is 226 g/mol. The Hall–Kier alpha value is -1.71. The first-order chi connectivity index (χ1) is 7.56. The van der Waals surface area contributed by atoms with Gasteiger partial charge in [-0.2, -0.15) is 0 Å². The molecule has 0 aliphatic rings. The summed E-state index contributed by atoms with van der Waals surface area (Å²) in [6.07, 6.45) is 1.79. The smallest absolute Gasteiger partial charge is 0.328 e. The summed E-state index contributed by atoms with van der Waals surface area (Å²) in [7, 11) is 0. The van der Waals surface area contributed by atoms with E-state index in [9.17, 15) is 13.6 Å². The van der Waals surface area contributed by atoms with Gasteiger partial charge < -0.3 is 5.11 Å². The highest BCUT2D eigenvalue weighted by Crippen LogP contribution is 2.25. The van der Waals surface area contributed by atoms with Crippen LogP contribution in [0.2, 0.25) is 0 Å². The zero-order valence-corrected chi connectivity index (χ0v) is 8.84. The number of benzene rings is 1. The number of hydrogen-bond acceptors (Lipinski definition) is 1. The number of carboxylic acids is 1. The molecule has 4 heteroatoms.